The van der Waals surface area contributed by atoms with Crippen LogP contribution in [0.25, 0.3) is 0 Å². The van der Waals surface area contributed by atoms with Crippen LogP contribution in [0.1, 0.15) is 48.8 Å². The molecular formula is C19H24FN3O2S. The molecule has 0 unspecified atom stereocenters. The average molecular weight is 377 g/mol. The van der Waals surface area contributed by atoms with Gasteiger partial charge in [-0.3, -0.25) is 9.59 Å². The lowest BCUT2D eigenvalue weighted by atomic mass is 10.1. The molecule has 0 fully saturated rings. The number of carbonyl (C=O) groups is 2. The number of nitrogens with zero attached hydrogens (tertiary/aromatic N) is 2. The fourth-order valence-corrected chi connectivity index (χ4v) is 3.18. The van der Waals surface area contributed by atoms with Crippen LogP contribution in [0, 0.1) is 5.82 Å². The molecule has 0 aliphatic heterocycles. The highest BCUT2D eigenvalue weighted by Gasteiger charge is 2.20. The first-order chi connectivity index (χ1) is 12.3. The van der Waals surface area contributed by atoms with E-state index in [4.69, 9.17) is 0 Å². The van der Waals surface area contributed by atoms with Crippen LogP contribution < -0.4 is 5.32 Å². The summed E-state index contributed by atoms with van der Waals surface area (Å²) in [6.45, 7) is 7.99. The van der Waals surface area contributed by atoms with Crippen LogP contribution in [0.3, 0.4) is 0 Å². The van der Waals surface area contributed by atoms with Crippen molar-refractivity contribution in [1.82, 2.24) is 15.2 Å². The minimum Gasteiger partial charge on any atom is -0.349 e. The van der Waals surface area contributed by atoms with Crippen LogP contribution in [0.2, 0.25) is 0 Å². The summed E-state index contributed by atoms with van der Waals surface area (Å²) in [4.78, 5) is 30.7. The van der Waals surface area contributed by atoms with E-state index in [1.165, 1.54) is 23.5 Å². The summed E-state index contributed by atoms with van der Waals surface area (Å²) in [7, 11) is 0. The largest absolute Gasteiger partial charge is 0.349 e. The second-order valence-corrected chi connectivity index (χ2v) is 7.62. The van der Waals surface area contributed by atoms with Gasteiger partial charge in [-0.2, -0.15) is 0 Å². The van der Waals surface area contributed by atoms with Crippen molar-refractivity contribution in [3.63, 3.8) is 0 Å². The van der Waals surface area contributed by atoms with Crippen molar-refractivity contribution >= 4 is 23.2 Å². The predicted octanol–water partition coefficient (Wildman–Crippen LogP) is 3.40. The molecule has 0 aliphatic carbocycles. The Balaban J connectivity index is 2.06. The minimum atomic E-state index is -0.322. The first-order valence-electron chi connectivity index (χ1n) is 8.55. The van der Waals surface area contributed by atoms with Gasteiger partial charge in [0.15, 0.2) is 0 Å². The predicted molar refractivity (Wildman–Crippen MR) is 101 cm³/mol. The molecule has 0 bridgehead atoms. The highest BCUT2D eigenvalue weighted by molar-refractivity contribution is 7.09. The van der Waals surface area contributed by atoms with Crippen LogP contribution in [0.5, 0.6) is 0 Å². The molecule has 2 aromatic rings. The number of rotatable bonds is 7. The van der Waals surface area contributed by atoms with Crippen molar-refractivity contribution in [3.8, 4) is 0 Å². The van der Waals surface area contributed by atoms with Gasteiger partial charge in [0, 0.05) is 17.5 Å². The Morgan fingerprint density at radius 3 is 2.42 bits per heavy atom. The Labute approximate surface area is 157 Å². The maximum absolute atomic E-state index is 13.0. The number of halogens is 1. The number of nitrogens with one attached hydrogen (secondary N) is 1. The van der Waals surface area contributed by atoms with Gasteiger partial charge in [0.2, 0.25) is 5.91 Å². The molecule has 0 spiro atoms. The van der Waals surface area contributed by atoms with Gasteiger partial charge in [-0.05, 0) is 45.4 Å². The second-order valence-electron chi connectivity index (χ2n) is 6.67. The molecule has 0 radical (unpaired) electrons. The number of amides is 2. The van der Waals surface area contributed by atoms with E-state index in [0.29, 0.717) is 17.2 Å². The van der Waals surface area contributed by atoms with E-state index in [9.17, 15) is 14.0 Å². The number of thiazole rings is 1. The van der Waals surface area contributed by atoms with Gasteiger partial charge in [0.1, 0.15) is 16.5 Å². The Morgan fingerprint density at radius 2 is 1.85 bits per heavy atom. The van der Waals surface area contributed by atoms with Crippen LogP contribution in [0.15, 0.2) is 29.6 Å². The summed E-state index contributed by atoms with van der Waals surface area (Å²) in [6, 6.07) is 5.95. The molecule has 140 valence electrons. The Kier molecular flexibility index (Phi) is 6.85. The smallest absolute Gasteiger partial charge is 0.270 e. The molecule has 7 heteroatoms. The second kappa shape index (κ2) is 8.89. The van der Waals surface area contributed by atoms with Crippen molar-refractivity contribution < 1.29 is 14.0 Å². The molecule has 0 saturated carbocycles. The lowest BCUT2D eigenvalue weighted by molar-refractivity contribution is -0.132. The molecular weight excluding hydrogens is 353 g/mol. The quantitative estimate of drug-likeness (QED) is 0.804. The first kappa shape index (κ1) is 20.0. The van der Waals surface area contributed by atoms with E-state index in [0.717, 1.165) is 5.56 Å². The molecule has 2 rings (SSSR count). The topological polar surface area (TPSA) is 62.3 Å². The third-order valence-corrected chi connectivity index (χ3v) is 4.56. The van der Waals surface area contributed by atoms with E-state index in [-0.39, 0.29) is 36.1 Å². The zero-order valence-electron chi connectivity index (χ0n) is 15.5. The normalized spacial score (nSPS) is 11.0. The lowest BCUT2D eigenvalue weighted by Gasteiger charge is -2.26. The summed E-state index contributed by atoms with van der Waals surface area (Å²) < 4.78 is 13.0. The van der Waals surface area contributed by atoms with Crippen molar-refractivity contribution in [2.24, 2.45) is 0 Å². The van der Waals surface area contributed by atoms with Gasteiger partial charge >= 0.3 is 0 Å². The maximum atomic E-state index is 13.0. The van der Waals surface area contributed by atoms with E-state index in [1.54, 1.807) is 22.4 Å². The molecule has 5 nitrogen and oxygen atoms in total. The zero-order valence-corrected chi connectivity index (χ0v) is 16.3. The van der Waals surface area contributed by atoms with Crippen molar-refractivity contribution in [2.75, 3.05) is 0 Å². The number of benzene rings is 1. The van der Waals surface area contributed by atoms with Crippen LogP contribution in [0.4, 0.5) is 4.39 Å². The molecule has 26 heavy (non-hydrogen) atoms. The molecule has 1 aromatic heterocycles. The number of carbonyl (C=O) groups excluding carboxylic acids is 2. The summed E-state index contributed by atoms with van der Waals surface area (Å²) in [5, 5.41) is 5.22. The van der Waals surface area contributed by atoms with Gasteiger partial charge in [0.25, 0.3) is 5.91 Å². The average Bonchev–Trinajstić information content (AvgIpc) is 3.02. The molecule has 0 saturated heterocycles. The SMILES string of the molecule is CC(C)NC(=O)c1csc(CN(C(=O)Cc2ccc(F)cc2)C(C)C)n1. The van der Waals surface area contributed by atoms with Crippen LogP contribution in [-0.2, 0) is 17.8 Å². The van der Waals surface area contributed by atoms with Gasteiger partial charge in [-0.25, -0.2) is 9.37 Å². The van der Waals surface area contributed by atoms with Gasteiger partial charge in [0.05, 0.1) is 13.0 Å². The van der Waals surface area contributed by atoms with E-state index in [1.807, 2.05) is 27.7 Å². The Hall–Kier alpha value is -2.28. The monoisotopic (exact) mass is 377 g/mol. The maximum Gasteiger partial charge on any atom is 0.270 e. The van der Waals surface area contributed by atoms with Gasteiger partial charge in [-0.15, -0.1) is 11.3 Å². The summed E-state index contributed by atoms with van der Waals surface area (Å²) >= 11 is 1.36. The first-order valence-corrected chi connectivity index (χ1v) is 9.43. The van der Waals surface area contributed by atoms with Crippen LogP contribution >= 0.6 is 11.3 Å². The molecule has 2 amide bonds. The number of aromatic nitrogens is 1. The number of hydrogen-bond acceptors (Lipinski definition) is 4. The lowest BCUT2D eigenvalue weighted by Crippen LogP contribution is -2.37. The molecule has 1 aromatic carbocycles. The zero-order chi connectivity index (χ0) is 19.3. The molecule has 0 aliphatic rings. The van der Waals surface area contributed by atoms with Crippen molar-refractivity contribution in [2.45, 2.75) is 52.7 Å². The van der Waals surface area contributed by atoms with Gasteiger partial charge in [-0.1, -0.05) is 12.1 Å². The Morgan fingerprint density at radius 1 is 1.19 bits per heavy atom. The molecule has 0 atom stereocenters. The summed E-state index contributed by atoms with van der Waals surface area (Å²) in [5.41, 5.74) is 1.13. The summed E-state index contributed by atoms with van der Waals surface area (Å²) in [5.74, 6) is -0.594. The van der Waals surface area contributed by atoms with E-state index < -0.39 is 0 Å². The molecule has 1 heterocycles. The number of hydrogen-bond donors (Lipinski definition) is 1. The van der Waals surface area contributed by atoms with Crippen LogP contribution in [-0.4, -0.2) is 33.8 Å². The molecule has 1 N–H and O–H groups in total. The highest BCUT2D eigenvalue weighted by atomic mass is 32.1. The third-order valence-electron chi connectivity index (χ3n) is 3.72. The summed E-state index contributed by atoms with van der Waals surface area (Å²) in [6.07, 6.45) is 0.199. The van der Waals surface area contributed by atoms with E-state index >= 15 is 0 Å². The standard InChI is InChI=1S/C19H24FN3O2S/c1-12(2)21-19(25)16-11-26-17(22-16)10-23(13(3)4)18(24)9-14-5-7-15(20)8-6-14/h5-8,11-13H,9-10H2,1-4H3,(H,21,25). The highest BCUT2D eigenvalue weighted by Crippen LogP contribution is 2.16. The van der Waals surface area contributed by atoms with Gasteiger partial charge < -0.3 is 10.2 Å². The third kappa shape index (κ3) is 5.62. The fraction of sp³-hybridized carbons (Fsp3) is 0.421. The fourth-order valence-electron chi connectivity index (χ4n) is 2.41. The van der Waals surface area contributed by atoms with E-state index in [2.05, 4.69) is 10.3 Å². The Bertz CT molecular complexity index is 756. The van der Waals surface area contributed by atoms with Crippen molar-refractivity contribution in [1.29, 1.82) is 0 Å². The van der Waals surface area contributed by atoms with Crippen molar-refractivity contribution in [3.05, 3.63) is 51.7 Å². The minimum absolute atomic E-state index is 0.0141.